The molecule has 0 aliphatic rings. The number of nitrogens with one attached hydrogen (secondary N) is 3. The number of aromatic nitrogens is 2. The van der Waals surface area contributed by atoms with E-state index in [4.69, 9.17) is 5.73 Å². The minimum atomic E-state index is -0.108. The second-order valence-electron chi connectivity index (χ2n) is 4.42. The number of carbonyl (C=O) groups excluding carboxylic acids is 1. The van der Waals surface area contributed by atoms with Gasteiger partial charge in [-0.15, -0.1) is 0 Å². The normalized spacial score (nSPS) is 10.2. The zero-order valence-corrected chi connectivity index (χ0v) is 11.4. The third-order valence-corrected chi connectivity index (χ3v) is 2.92. The van der Waals surface area contributed by atoms with Crippen LogP contribution in [0.4, 0.5) is 11.4 Å². The molecule has 1 heterocycles. The molecule has 0 saturated carbocycles. The van der Waals surface area contributed by atoms with Gasteiger partial charge < -0.3 is 21.4 Å². The lowest BCUT2D eigenvalue weighted by Crippen LogP contribution is -2.22. The average molecular weight is 273 g/mol. The molecule has 0 aliphatic heterocycles. The van der Waals surface area contributed by atoms with Crippen LogP contribution in [0.3, 0.4) is 0 Å². The van der Waals surface area contributed by atoms with Crippen molar-refractivity contribution < 1.29 is 4.79 Å². The molecule has 0 radical (unpaired) electrons. The molecule has 2 aromatic rings. The molecule has 0 saturated heterocycles. The zero-order chi connectivity index (χ0) is 14.4. The number of anilines is 2. The Labute approximate surface area is 117 Å². The molecular weight excluding hydrogens is 254 g/mol. The Balaban J connectivity index is 1.93. The number of H-pyrrole nitrogens is 1. The van der Waals surface area contributed by atoms with Crippen LogP contribution in [0.5, 0.6) is 0 Å². The lowest BCUT2D eigenvalue weighted by molar-refractivity contribution is 0.0956. The minimum absolute atomic E-state index is 0.108. The molecule has 0 unspecified atom stereocenters. The van der Waals surface area contributed by atoms with Crippen molar-refractivity contribution in [3.8, 4) is 0 Å². The van der Waals surface area contributed by atoms with Gasteiger partial charge in [0.25, 0.3) is 5.91 Å². The van der Waals surface area contributed by atoms with E-state index in [1.165, 1.54) is 0 Å². The van der Waals surface area contributed by atoms with Gasteiger partial charge in [0.1, 0.15) is 0 Å². The van der Waals surface area contributed by atoms with E-state index in [9.17, 15) is 4.79 Å². The highest BCUT2D eigenvalue weighted by Gasteiger charge is 2.07. The van der Waals surface area contributed by atoms with E-state index in [-0.39, 0.29) is 5.91 Å². The van der Waals surface area contributed by atoms with Crippen LogP contribution in [0.15, 0.2) is 30.7 Å². The fourth-order valence-corrected chi connectivity index (χ4v) is 1.88. The number of imidazole rings is 1. The Morgan fingerprint density at radius 1 is 1.45 bits per heavy atom. The molecule has 20 heavy (non-hydrogen) atoms. The Morgan fingerprint density at radius 2 is 2.30 bits per heavy atom. The molecule has 0 spiro atoms. The van der Waals surface area contributed by atoms with Crippen LogP contribution >= 0.6 is 0 Å². The van der Waals surface area contributed by atoms with E-state index in [1.54, 1.807) is 24.7 Å². The van der Waals surface area contributed by atoms with E-state index < -0.39 is 0 Å². The molecule has 0 aliphatic carbocycles. The molecular formula is C14H19N5O. The van der Waals surface area contributed by atoms with Crippen LogP contribution in [0, 0.1) is 0 Å². The smallest absolute Gasteiger partial charge is 0.251 e. The van der Waals surface area contributed by atoms with Crippen molar-refractivity contribution in [2.45, 2.75) is 13.3 Å². The molecule has 2 rings (SSSR count). The third-order valence-electron chi connectivity index (χ3n) is 2.92. The SMILES string of the molecule is CCNC(=O)c1ccc(NCCc2cnc[nH]2)c(N)c1. The molecule has 5 N–H and O–H groups in total. The van der Waals surface area contributed by atoms with Gasteiger partial charge in [0.15, 0.2) is 0 Å². The number of hydrogen-bond acceptors (Lipinski definition) is 4. The maximum atomic E-state index is 11.7. The van der Waals surface area contributed by atoms with Gasteiger partial charge in [-0.2, -0.15) is 0 Å². The molecule has 1 aromatic carbocycles. The quantitative estimate of drug-likeness (QED) is 0.598. The summed E-state index contributed by atoms with van der Waals surface area (Å²) in [6, 6.07) is 5.27. The van der Waals surface area contributed by atoms with E-state index in [1.807, 2.05) is 13.0 Å². The van der Waals surface area contributed by atoms with Crippen LogP contribution in [-0.2, 0) is 6.42 Å². The molecule has 6 heteroatoms. The lowest BCUT2D eigenvalue weighted by Gasteiger charge is -2.10. The number of carbonyl (C=O) groups is 1. The van der Waals surface area contributed by atoms with Gasteiger partial charge >= 0.3 is 0 Å². The predicted molar refractivity (Wildman–Crippen MR) is 79.6 cm³/mol. The zero-order valence-electron chi connectivity index (χ0n) is 11.4. The Hall–Kier alpha value is -2.50. The minimum Gasteiger partial charge on any atom is -0.397 e. The fraction of sp³-hybridized carbons (Fsp3) is 0.286. The maximum absolute atomic E-state index is 11.7. The van der Waals surface area contributed by atoms with Crippen molar-refractivity contribution in [1.29, 1.82) is 0 Å². The number of aromatic amines is 1. The first-order valence-corrected chi connectivity index (χ1v) is 6.59. The first-order chi connectivity index (χ1) is 9.70. The van der Waals surface area contributed by atoms with Crippen LogP contribution in [0.2, 0.25) is 0 Å². The highest BCUT2D eigenvalue weighted by Crippen LogP contribution is 2.19. The Morgan fingerprint density at radius 3 is 2.95 bits per heavy atom. The molecule has 106 valence electrons. The van der Waals surface area contributed by atoms with Gasteiger partial charge in [-0.3, -0.25) is 4.79 Å². The van der Waals surface area contributed by atoms with Gasteiger partial charge in [-0.1, -0.05) is 0 Å². The van der Waals surface area contributed by atoms with Crippen molar-refractivity contribution >= 4 is 17.3 Å². The monoisotopic (exact) mass is 273 g/mol. The second kappa shape index (κ2) is 6.60. The molecule has 0 fully saturated rings. The van der Waals surface area contributed by atoms with Crippen molar-refractivity contribution in [3.63, 3.8) is 0 Å². The summed E-state index contributed by atoms with van der Waals surface area (Å²) >= 11 is 0. The number of benzene rings is 1. The average Bonchev–Trinajstić information content (AvgIpc) is 2.94. The summed E-state index contributed by atoms with van der Waals surface area (Å²) in [6.45, 7) is 3.22. The summed E-state index contributed by atoms with van der Waals surface area (Å²) in [5.41, 5.74) is 8.99. The number of nitrogen functional groups attached to an aromatic ring is 1. The number of rotatable bonds is 6. The van der Waals surface area contributed by atoms with Crippen LogP contribution in [-0.4, -0.2) is 29.0 Å². The fourth-order valence-electron chi connectivity index (χ4n) is 1.88. The predicted octanol–water partition coefficient (Wildman–Crippen LogP) is 1.40. The standard InChI is InChI=1S/C14H19N5O/c1-2-17-14(20)10-3-4-13(12(15)7-10)18-6-5-11-8-16-9-19-11/h3-4,7-9,18H,2,5-6,15H2,1H3,(H,16,19)(H,17,20). The Kier molecular flexibility index (Phi) is 4.60. The van der Waals surface area contributed by atoms with Crippen molar-refractivity contribution in [2.24, 2.45) is 0 Å². The van der Waals surface area contributed by atoms with E-state index in [2.05, 4.69) is 20.6 Å². The van der Waals surface area contributed by atoms with Crippen molar-refractivity contribution in [3.05, 3.63) is 42.0 Å². The summed E-state index contributed by atoms with van der Waals surface area (Å²) in [5, 5.41) is 5.99. The largest absolute Gasteiger partial charge is 0.397 e. The van der Waals surface area contributed by atoms with Gasteiger partial charge in [-0.05, 0) is 25.1 Å². The maximum Gasteiger partial charge on any atom is 0.251 e. The summed E-state index contributed by atoms with van der Waals surface area (Å²) < 4.78 is 0. The number of hydrogen-bond donors (Lipinski definition) is 4. The highest BCUT2D eigenvalue weighted by molar-refractivity contribution is 5.96. The van der Waals surface area contributed by atoms with E-state index >= 15 is 0 Å². The third kappa shape index (κ3) is 3.50. The van der Waals surface area contributed by atoms with Crippen molar-refractivity contribution in [1.82, 2.24) is 15.3 Å². The Bertz CT molecular complexity index is 565. The van der Waals surface area contributed by atoms with Crippen LogP contribution in [0.25, 0.3) is 0 Å². The number of amides is 1. The van der Waals surface area contributed by atoms with E-state index in [0.717, 1.165) is 24.3 Å². The molecule has 1 amide bonds. The van der Waals surface area contributed by atoms with Crippen molar-refractivity contribution in [2.75, 3.05) is 24.1 Å². The summed E-state index contributed by atoms with van der Waals surface area (Å²) in [7, 11) is 0. The number of nitrogens with two attached hydrogens (primary N) is 1. The molecule has 0 bridgehead atoms. The van der Waals surface area contributed by atoms with Gasteiger partial charge in [-0.25, -0.2) is 4.98 Å². The van der Waals surface area contributed by atoms with Gasteiger partial charge in [0, 0.05) is 37.0 Å². The van der Waals surface area contributed by atoms with E-state index in [0.29, 0.717) is 17.8 Å². The highest BCUT2D eigenvalue weighted by atomic mass is 16.1. The first kappa shape index (κ1) is 13.9. The van der Waals surface area contributed by atoms with Gasteiger partial charge in [0.05, 0.1) is 17.7 Å². The van der Waals surface area contributed by atoms with Crippen LogP contribution < -0.4 is 16.4 Å². The molecule has 1 aromatic heterocycles. The topological polar surface area (TPSA) is 95.8 Å². The lowest BCUT2D eigenvalue weighted by atomic mass is 10.1. The molecule has 0 atom stereocenters. The number of nitrogens with zero attached hydrogens (tertiary/aromatic N) is 1. The summed E-state index contributed by atoms with van der Waals surface area (Å²) in [5.74, 6) is -0.108. The summed E-state index contributed by atoms with van der Waals surface area (Å²) in [6.07, 6.45) is 4.28. The first-order valence-electron chi connectivity index (χ1n) is 6.59. The van der Waals surface area contributed by atoms with Gasteiger partial charge in [0.2, 0.25) is 0 Å². The summed E-state index contributed by atoms with van der Waals surface area (Å²) in [4.78, 5) is 18.7. The molecule has 6 nitrogen and oxygen atoms in total. The second-order valence-corrected chi connectivity index (χ2v) is 4.42. The van der Waals surface area contributed by atoms with Crippen LogP contribution in [0.1, 0.15) is 23.0 Å².